The second-order valence-electron chi connectivity index (χ2n) is 6.97. The van der Waals surface area contributed by atoms with Crippen molar-refractivity contribution in [1.82, 2.24) is 20.5 Å². The molecule has 0 fully saturated rings. The molecule has 2 heterocycles. The van der Waals surface area contributed by atoms with Crippen LogP contribution in [0.1, 0.15) is 40.1 Å². The number of pyridine rings is 1. The van der Waals surface area contributed by atoms with Gasteiger partial charge in [-0.25, -0.2) is 0 Å². The van der Waals surface area contributed by atoms with E-state index in [0.29, 0.717) is 6.61 Å². The molecular formula is C22H28N4O. The summed E-state index contributed by atoms with van der Waals surface area (Å²) in [4.78, 5) is 4.31. The van der Waals surface area contributed by atoms with Gasteiger partial charge in [-0.2, -0.15) is 5.10 Å². The van der Waals surface area contributed by atoms with Crippen molar-refractivity contribution in [2.24, 2.45) is 0 Å². The highest BCUT2D eigenvalue weighted by Crippen LogP contribution is 2.25. The van der Waals surface area contributed by atoms with E-state index in [1.54, 1.807) is 6.20 Å². The molecule has 0 aliphatic carbocycles. The minimum atomic E-state index is 0.494. The molecule has 142 valence electrons. The van der Waals surface area contributed by atoms with Crippen LogP contribution in [-0.4, -0.2) is 21.7 Å². The maximum Gasteiger partial charge on any atom is 0.130 e. The fourth-order valence-corrected chi connectivity index (χ4v) is 3.26. The predicted octanol–water partition coefficient (Wildman–Crippen LogP) is 4.03. The Labute approximate surface area is 161 Å². The van der Waals surface area contributed by atoms with Gasteiger partial charge in [-0.1, -0.05) is 18.2 Å². The van der Waals surface area contributed by atoms with Gasteiger partial charge in [0.05, 0.1) is 11.9 Å². The van der Waals surface area contributed by atoms with E-state index >= 15 is 0 Å². The molecular weight excluding hydrogens is 336 g/mol. The predicted molar refractivity (Wildman–Crippen MR) is 108 cm³/mol. The molecule has 27 heavy (non-hydrogen) atoms. The third kappa shape index (κ3) is 5.41. The Morgan fingerprint density at radius 3 is 2.59 bits per heavy atom. The van der Waals surface area contributed by atoms with Gasteiger partial charge in [0.15, 0.2) is 0 Å². The molecule has 0 amide bonds. The lowest BCUT2D eigenvalue weighted by molar-refractivity contribution is 0.297. The molecule has 0 radical (unpaired) electrons. The lowest BCUT2D eigenvalue weighted by atomic mass is 10.1. The van der Waals surface area contributed by atoms with Crippen molar-refractivity contribution in [1.29, 1.82) is 0 Å². The molecule has 0 bridgehead atoms. The summed E-state index contributed by atoms with van der Waals surface area (Å²) in [6.07, 6.45) is 5.87. The van der Waals surface area contributed by atoms with E-state index in [1.807, 2.05) is 24.4 Å². The van der Waals surface area contributed by atoms with Gasteiger partial charge in [0.25, 0.3) is 0 Å². The van der Waals surface area contributed by atoms with Crippen LogP contribution in [0, 0.1) is 20.8 Å². The summed E-state index contributed by atoms with van der Waals surface area (Å²) in [5, 5.41) is 10.6. The SMILES string of the molecule is Cc1cc(CNCCCc2cn[nH]c2C)cc(C)c1OCc1ccccn1. The van der Waals surface area contributed by atoms with Crippen LogP contribution in [-0.2, 0) is 19.6 Å². The average Bonchev–Trinajstić information content (AvgIpc) is 3.06. The number of nitrogens with zero attached hydrogens (tertiary/aromatic N) is 2. The van der Waals surface area contributed by atoms with Crippen LogP contribution in [0.25, 0.3) is 0 Å². The van der Waals surface area contributed by atoms with Crippen LogP contribution in [0.15, 0.2) is 42.7 Å². The fourth-order valence-electron chi connectivity index (χ4n) is 3.26. The molecule has 0 aliphatic rings. The first kappa shape index (κ1) is 19.1. The molecule has 0 spiro atoms. The standard InChI is InChI=1S/C22H28N4O/c1-16-11-19(13-23-9-6-7-20-14-25-26-18(20)3)12-17(2)22(16)27-15-21-8-4-5-10-24-21/h4-5,8,10-12,14,23H,6-7,9,13,15H2,1-3H3,(H,25,26). The topological polar surface area (TPSA) is 62.8 Å². The Balaban J connectivity index is 1.48. The molecule has 0 aliphatic heterocycles. The van der Waals surface area contributed by atoms with E-state index in [9.17, 15) is 0 Å². The van der Waals surface area contributed by atoms with E-state index in [0.717, 1.165) is 48.5 Å². The Morgan fingerprint density at radius 2 is 1.93 bits per heavy atom. The molecule has 0 atom stereocenters. The number of aromatic nitrogens is 3. The zero-order valence-electron chi connectivity index (χ0n) is 16.4. The first-order chi connectivity index (χ1) is 13.1. The highest BCUT2D eigenvalue weighted by Gasteiger charge is 2.07. The monoisotopic (exact) mass is 364 g/mol. The Bertz CT molecular complexity index is 835. The molecule has 0 saturated heterocycles. The van der Waals surface area contributed by atoms with Crippen molar-refractivity contribution >= 4 is 0 Å². The van der Waals surface area contributed by atoms with Crippen LogP contribution in [0.3, 0.4) is 0 Å². The largest absolute Gasteiger partial charge is 0.487 e. The maximum absolute atomic E-state index is 6.01. The first-order valence-electron chi connectivity index (χ1n) is 9.46. The third-order valence-electron chi connectivity index (χ3n) is 4.67. The number of hydrogen-bond acceptors (Lipinski definition) is 4. The van der Waals surface area contributed by atoms with Crippen LogP contribution >= 0.6 is 0 Å². The maximum atomic E-state index is 6.01. The second kappa shape index (κ2) is 9.33. The van der Waals surface area contributed by atoms with Crippen molar-refractivity contribution in [3.8, 4) is 5.75 Å². The Kier molecular flexibility index (Phi) is 6.60. The highest BCUT2D eigenvalue weighted by molar-refractivity contribution is 5.43. The van der Waals surface area contributed by atoms with E-state index in [4.69, 9.17) is 4.74 Å². The molecule has 0 unspecified atom stereocenters. The van der Waals surface area contributed by atoms with Gasteiger partial charge in [0, 0.05) is 18.4 Å². The van der Waals surface area contributed by atoms with E-state index in [2.05, 4.69) is 53.4 Å². The van der Waals surface area contributed by atoms with Gasteiger partial charge < -0.3 is 10.1 Å². The first-order valence-corrected chi connectivity index (χ1v) is 9.46. The number of aromatic amines is 1. The van der Waals surface area contributed by atoms with Crippen molar-refractivity contribution in [3.05, 3.63) is 76.4 Å². The zero-order valence-corrected chi connectivity index (χ0v) is 16.4. The minimum Gasteiger partial charge on any atom is -0.487 e. The van der Waals surface area contributed by atoms with Crippen LogP contribution in [0.4, 0.5) is 0 Å². The molecule has 3 aromatic rings. The molecule has 3 rings (SSSR count). The normalized spacial score (nSPS) is 10.9. The number of aryl methyl sites for hydroxylation is 4. The summed E-state index contributed by atoms with van der Waals surface area (Å²) in [6.45, 7) is 8.62. The van der Waals surface area contributed by atoms with E-state index in [1.165, 1.54) is 16.8 Å². The highest BCUT2D eigenvalue weighted by atomic mass is 16.5. The summed E-state index contributed by atoms with van der Waals surface area (Å²) in [5.41, 5.74) is 7.03. The summed E-state index contributed by atoms with van der Waals surface area (Å²) >= 11 is 0. The number of hydrogen-bond donors (Lipinski definition) is 2. The van der Waals surface area contributed by atoms with Crippen LogP contribution < -0.4 is 10.1 Å². The zero-order chi connectivity index (χ0) is 19.1. The van der Waals surface area contributed by atoms with Crippen molar-refractivity contribution in [3.63, 3.8) is 0 Å². The van der Waals surface area contributed by atoms with Gasteiger partial charge >= 0.3 is 0 Å². The second-order valence-corrected chi connectivity index (χ2v) is 6.97. The van der Waals surface area contributed by atoms with Gasteiger partial charge in [-0.05, 0) is 74.5 Å². The van der Waals surface area contributed by atoms with Crippen molar-refractivity contribution in [2.45, 2.75) is 46.8 Å². The Hall–Kier alpha value is -2.66. The minimum absolute atomic E-state index is 0.494. The number of nitrogens with one attached hydrogen (secondary N) is 2. The van der Waals surface area contributed by atoms with Crippen LogP contribution in [0.5, 0.6) is 5.75 Å². The smallest absolute Gasteiger partial charge is 0.130 e. The summed E-state index contributed by atoms with van der Waals surface area (Å²) in [7, 11) is 0. The third-order valence-corrected chi connectivity index (χ3v) is 4.67. The summed E-state index contributed by atoms with van der Waals surface area (Å²) in [6, 6.07) is 10.3. The number of rotatable bonds is 9. The molecule has 5 nitrogen and oxygen atoms in total. The molecule has 5 heteroatoms. The van der Waals surface area contributed by atoms with Gasteiger partial charge in [-0.3, -0.25) is 10.1 Å². The lowest BCUT2D eigenvalue weighted by Crippen LogP contribution is -2.15. The van der Waals surface area contributed by atoms with E-state index in [-0.39, 0.29) is 0 Å². The Morgan fingerprint density at radius 1 is 1.11 bits per heavy atom. The van der Waals surface area contributed by atoms with Crippen molar-refractivity contribution < 1.29 is 4.74 Å². The molecule has 2 N–H and O–H groups in total. The quantitative estimate of drug-likeness (QED) is 0.563. The molecule has 2 aromatic heterocycles. The average molecular weight is 364 g/mol. The number of ether oxygens (including phenoxy) is 1. The lowest BCUT2D eigenvalue weighted by Gasteiger charge is -2.14. The van der Waals surface area contributed by atoms with Gasteiger partial charge in [-0.15, -0.1) is 0 Å². The molecule has 0 saturated carbocycles. The van der Waals surface area contributed by atoms with Gasteiger partial charge in [0.1, 0.15) is 12.4 Å². The summed E-state index contributed by atoms with van der Waals surface area (Å²) < 4.78 is 6.01. The molecule has 1 aromatic carbocycles. The van der Waals surface area contributed by atoms with E-state index < -0.39 is 0 Å². The van der Waals surface area contributed by atoms with Crippen molar-refractivity contribution in [2.75, 3.05) is 6.54 Å². The summed E-state index contributed by atoms with van der Waals surface area (Å²) in [5.74, 6) is 0.958. The fraction of sp³-hybridized carbons (Fsp3) is 0.364. The number of H-pyrrole nitrogens is 1. The van der Waals surface area contributed by atoms with Crippen LogP contribution in [0.2, 0.25) is 0 Å². The van der Waals surface area contributed by atoms with Gasteiger partial charge in [0.2, 0.25) is 0 Å². The number of benzene rings is 1.